The van der Waals surface area contributed by atoms with Crippen LogP contribution in [-0.4, -0.2) is 167 Å². The Kier molecular flexibility index (Phi) is 19.9. The quantitative estimate of drug-likeness (QED) is 0.0838. The minimum atomic E-state index is -1.35. The zero-order valence-electron chi connectivity index (χ0n) is 34.5. The van der Waals surface area contributed by atoms with Crippen LogP contribution in [0.15, 0.2) is 30.3 Å². The van der Waals surface area contributed by atoms with Crippen molar-refractivity contribution in [1.29, 1.82) is 0 Å². The lowest BCUT2D eigenvalue weighted by Crippen LogP contribution is -2.59. The number of benzene rings is 1. The van der Waals surface area contributed by atoms with Crippen molar-refractivity contribution in [3.8, 4) is 0 Å². The first-order valence-electron chi connectivity index (χ1n) is 20.8. The number of nitrogens with two attached hydrogens (primary N) is 1. The average molecular weight is 804 g/mol. The average Bonchev–Trinajstić information content (AvgIpc) is 3.20. The number of hydrazine groups is 1. The number of Topliss-reactive ketones (excluding diaryl/α,β-unsaturated/α-hetero) is 1. The molecule has 3 unspecified atom stereocenters. The highest BCUT2D eigenvalue weighted by Crippen LogP contribution is 2.27. The SMILES string of the molecule is CC(C)[C@H](NC(=O)NCCN1CCOCC1)C(=O)NN(CC1CCOCC1)CC(O)C(C(=O)[C@@H](NC(=O)NCCN1CCOCC1)C(C)C)C(N)c1ccccc1. The third-order valence-electron chi connectivity index (χ3n) is 10.9. The number of ether oxygens (including phenoxy) is 3. The molecule has 3 aliphatic heterocycles. The highest BCUT2D eigenvalue weighted by molar-refractivity contribution is 5.91. The first kappa shape index (κ1) is 46.3. The van der Waals surface area contributed by atoms with Crippen LogP contribution in [0.5, 0.6) is 0 Å². The fourth-order valence-electron chi connectivity index (χ4n) is 7.46. The number of nitrogens with zero attached hydrogens (tertiary/aromatic N) is 3. The van der Waals surface area contributed by atoms with E-state index in [1.807, 2.05) is 45.9 Å². The maximum absolute atomic E-state index is 14.6. The van der Waals surface area contributed by atoms with Gasteiger partial charge in [0.15, 0.2) is 5.78 Å². The maximum atomic E-state index is 14.6. The van der Waals surface area contributed by atoms with Crippen LogP contribution in [0.3, 0.4) is 0 Å². The molecule has 3 aliphatic rings. The first-order valence-corrected chi connectivity index (χ1v) is 20.8. The summed E-state index contributed by atoms with van der Waals surface area (Å²) < 4.78 is 16.4. The van der Waals surface area contributed by atoms with Gasteiger partial charge in [0.2, 0.25) is 0 Å². The second kappa shape index (κ2) is 24.5. The first-order chi connectivity index (χ1) is 27.4. The molecule has 0 saturated carbocycles. The lowest BCUT2D eigenvalue weighted by atomic mass is 9.80. The van der Waals surface area contributed by atoms with Gasteiger partial charge in [-0.05, 0) is 36.2 Å². The summed E-state index contributed by atoms with van der Waals surface area (Å²) in [6.45, 7) is 16.7. The molecule has 0 aromatic heterocycles. The van der Waals surface area contributed by atoms with Crippen LogP contribution in [0.4, 0.5) is 9.59 Å². The van der Waals surface area contributed by atoms with Crippen molar-refractivity contribution in [2.75, 3.05) is 105 Å². The minimum absolute atomic E-state index is 0.132. The molecule has 57 heavy (non-hydrogen) atoms. The highest BCUT2D eigenvalue weighted by atomic mass is 16.5. The molecule has 3 saturated heterocycles. The van der Waals surface area contributed by atoms with Gasteiger partial charge in [0.25, 0.3) is 5.91 Å². The van der Waals surface area contributed by atoms with E-state index in [-0.39, 0.29) is 24.3 Å². The predicted molar refractivity (Wildman–Crippen MR) is 216 cm³/mol. The second-order valence-electron chi connectivity index (χ2n) is 16.0. The summed E-state index contributed by atoms with van der Waals surface area (Å²) in [6.07, 6.45) is 0.159. The minimum Gasteiger partial charge on any atom is -0.391 e. The molecule has 1 aromatic carbocycles. The van der Waals surface area contributed by atoms with E-state index in [0.717, 1.165) is 39.0 Å². The number of urea groups is 2. The molecule has 8 N–H and O–H groups in total. The number of carbonyl (C=O) groups is 4. The van der Waals surface area contributed by atoms with Gasteiger partial charge in [0.05, 0.1) is 44.5 Å². The van der Waals surface area contributed by atoms with E-state index in [4.69, 9.17) is 19.9 Å². The monoisotopic (exact) mass is 804 g/mol. The van der Waals surface area contributed by atoms with E-state index in [2.05, 4.69) is 36.5 Å². The van der Waals surface area contributed by atoms with Crippen molar-refractivity contribution in [3.63, 3.8) is 0 Å². The Morgan fingerprint density at radius 1 is 0.772 bits per heavy atom. The molecule has 0 spiro atoms. The van der Waals surface area contributed by atoms with Gasteiger partial charge in [-0.3, -0.25) is 24.8 Å². The predicted octanol–water partition coefficient (Wildman–Crippen LogP) is 0.304. The van der Waals surface area contributed by atoms with Crippen molar-refractivity contribution in [2.24, 2.45) is 29.4 Å². The zero-order valence-corrected chi connectivity index (χ0v) is 34.5. The largest absolute Gasteiger partial charge is 0.391 e. The van der Waals surface area contributed by atoms with Crippen molar-refractivity contribution in [3.05, 3.63) is 35.9 Å². The van der Waals surface area contributed by atoms with Gasteiger partial charge in [-0.2, -0.15) is 0 Å². The number of hydrogen-bond acceptors (Lipinski definition) is 12. The van der Waals surface area contributed by atoms with Gasteiger partial charge < -0.3 is 46.3 Å². The zero-order chi connectivity index (χ0) is 41.2. The van der Waals surface area contributed by atoms with E-state index in [0.29, 0.717) is 77.9 Å². The molecular weight excluding hydrogens is 734 g/mol. The van der Waals surface area contributed by atoms with Crippen LogP contribution in [0.1, 0.15) is 52.1 Å². The summed E-state index contributed by atoms with van der Waals surface area (Å²) in [5.74, 6) is -2.45. The highest BCUT2D eigenvalue weighted by Gasteiger charge is 2.40. The van der Waals surface area contributed by atoms with Crippen molar-refractivity contribution in [2.45, 2.75) is 64.8 Å². The van der Waals surface area contributed by atoms with Crippen LogP contribution in [-0.2, 0) is 23.8 Å². The Hall–Kier alpha value is -3.42. The number of morpholine rings is 2. The summed E-state index contributed by atoms with van der Waals surface area (Å²) >= 11 is 0. The van der Waals surface area contributed by atoms with Crippen LogP contribution >= 0.6 is 0 Å². The standard InChI is InChI=1S/C40H69N9O8/c1-28(2)35(44-39(53)42-12-14-47-16-22-56-23-17-47)37(51)33(34(41)31-8-6-5-7-9-31)32(50)27-49(26-30-10-20-55-21-11-30)46-38(52)36(29(3)4)45-40(54)43-13-15-48-18-24-57-25-19-48/h5-9,28-30,32-36,50H,10-27,41H2,1-4H3,(H,46,52)(H2,42,44,53)(H2,43,45,54)/t32?,33?,34?,35-,36-/m0/s1. The Labute approximate surface area is 338 Å². The molecule has 322 valence electrons. The lowest BCUT2D eigenvalue weighted by molar-refractivity contribution is -0.133. The van der Waals surface area contributed by atoms with Gasteiger partial charge in [-0.15, -0.1) is 0 Å². The summed E-state index contributed by atoms with van der Waals surface area (Å²) in [5, 5.41) is 25.2. The molecule has 17 heteroatoms. The molecule has 5 atom stereocenters. The van der Waals surface area contributed by atoms with Crippen molar-refractivity contribution in [1.82, 2.24) is 41.5 Å². The van der Waals surface area contributed by atoms with E-state index < -0.39 is 53.9 Å². The van der Waals surface area contributed by atoms with Crippen LogP contribution in [0.25, 0.3) is 0 Å². The molecule has 4 rings (SSSR count). The van der Waals surface area contributed by atoms with Gasteiger partial charge in [-0.25, -0.2) is 14.6 Å². The van der Waals surface area contributed by atoms with E-state index >= 15 is 0 Å². The van der Waals surface area contributed by atoms with Crippen LogP contribution in [0, 0.1) is 23.7 Å². The fraction of sp³-hybridized carbons (Fsp3) is 0.750. The Bertz CT molecular complexity index is 1360. The Morgan fingerprint density at radius 2 is 1.26 bits per heavy atom. The number of hydrogen-bond donors (Lipinski definition) is 7. The number of carbonyl (C=O) groups excluding carboxylic acids is 4. The molecule has 0 radical (unpaired) electrons. The number of amides is 5. The van der Waals surface area contributed by atoms with E-state index in [1.165, 1.54) is 0 Å². The van der Waals surface area contributed by atoms with Crippen molar-refractivity contribution < 1.29 is 38.5 Å². The smallest absolute Gasteiger partial charge is 0.315 e. The molecular formula is C40H69N9O8. The van der Waals surface area contributed by atoms with Gasteiger partial charge in [-0.1, -0.05) is 58.0 Å². The molecule has 5 amide bonds. The molecule has 1 aromatic rings. The molecule has 3 fully saturated rings. The summed E-state index contributed by atoms with van der Waals surface area (Å²) in [5.41, 5.74) is 10.5. The van der Waals surface area contributed by atoms with E-state index in [9.17, 15) is 24.3 Å². The van der Waals surface area contributed by atoms with Crippen LogP contribution in [0.2, 0.25) is 0 Å². The van der Waals surface area contributed by atoms with Gasteiger partial charge in [0, 0.05) is 84.7 Å². The summed E-state index contributed by atoms with van der Waals surface area (Å²) in [4.78, 5) is 59.1. The number of rotatable bonds is 21. The van der Waals surface area contributed by atoms with Gasteiger partial charge in [0.1, 0.15) is 6.04 Å². The Balaban J connectivity index is 1.48. The molecule has 0 aliphatic carbocycles. The van der Waals surface area contributed by atoms with Crippen LogP contribution < -0.4 is 32.4 Å². The number of aliphatic hydroxyl groups excluding tert-OH is 1. The lowest BCUT2D eigenvalue weighted by Gasteiger charge is -2.37. The summed E-state index contributed by atoms with van der Waals surface area (Å²) in [6, 6.07) is 5.39. The summed E-state index contributed by atoms with van der Waals surface area (Å²) in [7, 11) is 0. The normalized spacial score (nSPS) is 20.0. The fourth-order valence-corrected chi connectivity index (χ4v) is 7.46. The maximum Gasteiger partial charge on any atom is 0.315 e. The molecule has 3 heterocycles. The second-order valence-corrected chi connectivity index (χ2v) is 16.0. The van der Waals surface area contributed by atoms with Gasteiger partial charge >= 0.3 is 12.1 Å². The third kappa shape index (κ3) is 15.7. The van der Waals surface area contributed by atoms with Crippen molar-refractivity contribution >= 4 is 23.8 Å². The van der Waals surface area contributed by atoms with E-state index in [1.54, 1.807) is 17.1 Å². The molecule has 17 nitrogen and oxygen atoms in total. The third-order valence-corrected chi connectivity index (χ3v) is 10.9. The molecule has 0 bridgehead atoms. The number of aliphatic hydroxyl groups is 1. The Morgan fingerprint density at radius 3 is 1.77 bits per heavy atom. The number of ketones is 1. The number of nitrogens with one attached hydrogen (secondary N) is 5. The topological polar surface area (TPSA) is 212 Å².